The molecule has 0 saturated carbocycles. The predicted molar refractivity (Wildman–Crippen MR) is 74.4 cm³/mol. The maximum atomic E-state index is 12.3. The highest BCUT2D eigenvalue weighted by molar-refractivity contribution is 7.99. The third kappa shape index (κ3) is 3.84. The van der Waals surface area contributed by atoms with Gasteiger partial charge < -0.3 is 5.11 Å². The van der Waals surface area contributed by atoms with Crippen molar-refractivity contribution in [2.75, 3.05) is 18.1 Å². The molecule has 0 aromatic rings. The lowest BCUT2D eigenvalue weighted by Gasteiger charge is -2.33. The minimum atomic E-state index is -3.68. The molecule has 0 spiro atoms. The zero-order chi connectivity index (χ0) is 13.9. The number of thioether (sulfide) groups is 1. The quantitative estimate of drug-likeness (QED) is 0.796. The molecule has 1 unspecified atom stereocenters. The van der Waals surface area contributed by atoms with Crippen molar-refractivity contribution in [1.82, 2.24) is 9.03 Å². The van der Waals surface area contributed by atoms with Gasteiger partial charge in [0.2, 0.25) is 0 Å². The van der Waals surface area contributed by atoms with Crippen molar-refractivity contribution in [3.8, 4) is 0 Å². The molecule has 2 rings (SSSR count). The van der Waals surface area contributed by atoms with Crippen LogP contribution in [0.15, 0.2) is 0 Å². The normalized spacial score (nSPS) is 27.3. The first kappa shape index (κ1) is 15.1. The molecule has 0 aliphatic carbocycles. The van der Waals surface area contributed by atoms with E-state index in [-0.39, 0.29) is 6.04 Å². The zero-order valence-corrected chi connectivity index (χ0v) is 12.4. The first-order chi connectivity index (χ1) is 9.00. The second kappa shape index (κ2) is 6.43. The number of carboxylic acid groups (broad SMARTS) is 1. The van der Waals surface area contributed by atoms with Crippen molar-refractivity contribution >= 4 is 27.9 Å². The SMILES string of the molecule is O=C(O)C1CCCCN1S(=O)(=O)NC1CCSCC1. The summed E-state index contributed by atoms with van der Waals surface area (Å²) in [5.41, 5.74) is 0. The molecule has 0 aromatic carbocycles. The van der Waals surface area contributed by atoms with Crippen LogP contribution < -0.4 is 4.72 Å². The van der Waals surface area contributed by atoms with Crippen molar-refractivity contribution in [2.24, 2.45) is 0 Å². The smallest absolute Gasteiger partial charge is 0.322 e. The van der Waals surface area contributed by atoms with Crippen molar-refractivity contribution < 1.29 is 18.3 Å². The molecule has 19 heavy (non-hydrogen) atoms. The molecule has 2 fully saturated rings. The summed E-state index contributed by atoms with van der Waals surface area (Å²) in [6, 6.07) is -0.966. The van der Waals surface area contributed by atoms with Crippen LogP contribution in [0.25, 0.3) is 0 Å². The summed E-state index contributed by atoms with van der Waals surface area (Å²) < 4.78 is 28.4. The van der Waals surface area contributed by atoms with Crippen LogP contribution >= 0.6 is 11.8 Å². The van der Waals surface area contributed by atoms with Crippen LogP contribution in [0.5, 0.6) is 0 Å². The molecule has 1 atom stereocenters. The van der Waals surface area contributed by atoms with Crippen molar-refractivity contribution in [3.63, 3.8) is 0 Å². The number of aliphatic carboxylic acids is 1. The topological polar surface area (TPSA) is 86.7 Å². The van der Waals surface area contributed by atoms with Gasteiger partial charge in [0.05, 0.1) is 0 Å². The Morgan fingerprint density at radius 3 is 2.53 bits per heavy atom. The largest absolute Gasteiger partial charge is 0.480 e. The average molecular weight is 308 g/mol. The number of piperidine rings is 1. The van der Waals surface area contributed by atoms with Crippen LogP contribution in [-0.2, 0) is 15.0 Å². The fourth-order valence-corrected chi connectivity index (χ4v) is 5.33. The van der Waals surface area contributed by atoms with E-state index in [0.29, 0.717) is 13.0 Å². The summed E-state index contributed by atoms with van der Waals surface area (Å²) in [5.74, 6) is 0.856. The first-order valence-corrected chi connectivity index (χ1v) is 9.20. The maximum Gasteiger partial charge on any atom is 0.322 e. The second-order valence-electron chi connectivity index (χ2n) is 4.97. The molecule has 2 N–H and O–H groups in total. The molecule has 2 heterocycles. The average Bonchev–Trinajstić information content (AvgIpc) is 2.39. The van der Waals surface area contributed by atoms with Gasteiger partial charge in [0.15, 0.2) is 0 Å². The number of carboxylic acids is 1. The molecule has 0 aromatic heterocycles. The third-order valence-electron chi connectivity index (χ3n) is 3.58. The molecule has 2 aliphatic heterocycles. The predicted octanol–water partition coefficient (Wildman–Crippen LogP) is 0.655. The summed E-state index contributed by atoms with van der Waals surface area (Å²) in [6.07, 6.45) is 3.52. The standard InChI is InChI=1S/C11H20N2O4S2/c14-11(15)10-3-1-2-6-13(10)19(16,17)12-9-4-7-18-8-5-9/h9-10,12H,1-8H2,(H,14,15). The number of nitrogens with zero attached hydrogens (tertiary/aromatic N) is 1. The van der Waals surface area contributed by atoms with Crippen LogP contribution in [0.2, 0.25) is 0 Å². The summed E-state index contributed by atoms with van der Waals surface area (Å²) in [7, 11) is -3.68. The van der Waals surface area contributed by atoms with E-state index in [9.17, 15) is 13.2 Å². The van der Waals surface area contributed by atoms with Crippen LogP contribution in [-0.4, -0.2) is 53.9 Å². The maximum absolute atomic E-state index is 12.3. The lowest BCUT2D eigenvalue weighted by atomic mass is 10.1. The molecule has 2 aliphatic rings. The summed E-state index contributed by atoms with van der Waals surface area (Å²) in [6.45, 7) is 0.299. The molecule has 110 valence electrons. The summed E-state index contributed by atoms with van der Waals surface area (Å²) >= 11 is 1.82. The van der Waals surface area contributed by atoms with Crippen LogP contribution in [0.4, 0.5) is 0 Å². The second-order valence-corrected chi connectivity index (χ2v) is 7.85. The Morgan fingerprint density at radius 1 is 1.21 bits per heavy atom. The number of hydrogen-bond acceptors (Lipinski definition) is 4. The Labute approximate surface area is 118 Å². The van der Waals surface area contributed by atoms with E-state index in [4.69, 9.17) is 5.11 Å². The molecular weight excluding hydrogens is 288 g/mol. The monoisotopic (exact) mass is 308 g/mol. The van der Waals surface area contributed by atoms with Gasteiger partial charge in [-0.15, -0.1) is 0 Å². The van der Waals surface area contributed by atoms with Crippen LogP contribution in [0.3, 0.4) is 0 Å². The van der Waals surface area contributed by atoms with Gasteiger partial charge in [-0.3, -0.25) is 4.79 Å². The van der Waals surface area contributed by atoms with E-state index in [1.807, 2.05) is 11.8 Å². The molecule has 0 bridgehead atoms. The third-order valence-corrected chi connectivity index (χ3v) is 6.32. The molecule has 6 nitrogen and oxygen atoms in total. The van der Waals surface area contributed by atoms with E-state index < -0.39 is 22.2 Å². The van der Waals surface area contributed by atoms with E-state index >= 15 is 0 Å². The van der Waals surface area contributed by atoms with Gasteiger partial charge in [0.1, 0.15) is 6.04 Å². The number of rotatable bonds is 4. The van der Waals surface area contributed by atoms with E-state index in [0.717, 1.165) is 41.5 Å². The van der Waals surface area contributed by atoms with Gasteiger partial charge in [-0.25, -0.2) is 0 Å². The molecule has 2 saturated heterocycles. The Kier molecular flexibility index (Phi) is 5.10. The zero-order valence-electron chi connectivity index (χ0n) is 10.7. The lowest BCUT2D eigenvalue weighted by molar-refractivity contribution is -0.142. The first-order valence-electron chi connectivity index (χ1n) is 6.60. The van der Waals surface area contributed by atoms with Crippen LogP contribution in [0.1, 0.15) is 32.1 Å². The fourth-order valence-electron chi connectivity index (χ4n) is 2.53. The molecular formula is C11H20N2O4S2. The Morgan fingerprint density at radius 2 is 1.89 bits per heavy atom. The van der Waals surface area contributed by atoms with Gasteiger partial charge in [0, 0.05) is 12.6 Å². The lowest BCUT2D eigenvalue weighted by Crippen LogP contribution is -2.54. The summed E-state index contributed by atoms with van der Waals surface area (Å²) in [5, 5.41) is 9.14. The Balaban J connectivity index is 2.05. The van der Waals surface area contributed by atoms with Gasteiger partial charge in [0.25, 0.3) is 10.2 Å². The van der Waals surface area contributed by atoms with E-state index in [1.54, 1.807) is 0 Å². The Bertz CT molecular complexity index is 420. The summed E-state index contributed by atoms with van der Waals surface area (Å²) in [4.78, 5) is 11.2. The highest BCUT2D eigenvalue weighted by Crippen LogP contribution is 2.22. The van der Waals surface area contributed by atoms with Gasteiger partial charge in [-0.2, -0.15) is 29.2 Å². The van der Waals surface area contributed by atoms with Crippen molar-refractivity contribution in [2.45, 2.75) is 44.2 Å². The highest BCUT2D eigenvalue weighted by atomic mass is 32.2. The number of nitrogens with one attached hydrogen (secondary N) is 1. The molecule has 0 amide bonds. The van der Waals surface area contributed by atoms with E-state index in [1.165, 1.54) is 0 Å². The fraction of sp³-hybridized carbons (Fsp3) is 0.909. The number of hydrogen-bond donors (Lipinski definition) is 2. The highest BCUT2D eigenvalue weighted by Gasteiger charge is 2.37. The van der Waals surface area contributed by atoms with Crippen molar-refractivity contribution in [3.05, 3.63) is 0 Å². The molecule has 8 heteroatoms. The van der Waals surface area contributed by atoms with Crippen molar-refractivity contribution in [1.29, 1.82) is 0 Å². The molecule has 0 radical (unpaired) electrons. The van der Waals surface area contributed by atoms with E-state index in [2.05, 4.69) is 4.72 Å². The Hall–Kier alpha value is -0.310. The van der Waals surface area contributed by atoms with Gasteiger partial charge in [-0.05, 0) is 43.6 Å². The minimum absolute atomic E-state index is 0.0531. The minimum Gasteiger partial charge on any atom is -0.480 e. The number of carbonyl (C=O) groups is 1. The van der Waals surface area contributed by atoms with Gasteiger partial charge >= 0.3 is 5.97 Å². The van der Waals surface area contributed by atoms with Crippen LogP contribution in [0, 0.1) is 0 Å². The van der Waals surface area contributed by atoms with Gasteiger partial charge in [-0.1, -0.05) is 0 Å².